The Hall–Kier alpha value is -0.800. The normalized spacial score (nSPS) is 12.2. The van der Waals surface area contributed by atoms with E-state index >= 15 is 0 Å². The average Bonchev–Trinajstić information content (AvgIpc) is 2.48. The number of methoxy groups -OCH3 is 1. The van der Waals surface area contributed by atoms with Crippen LogP contribution < -0.4 is 4.74 Å². The third kappa shape index (κ3) is 4.35. The van der Waals surface area contributed by atoms with E-state index in [9.17, 15) is 0 Å². The molecule has 2 aromatic rings. The molecule has 106 valence electrons. The van der Waals surface area contributed by atoms with Crippen LogP contribution in [0, 0.1) is 0 Å². The van der Waals surface area contributed by atoms with E-state index in [1.165, 1.54) is 11.1 Å². The van der Waals surface area contributed by atoms with Crippen LogP contribution in [-0.2, 0) is 6.42 Å². The number of hydrogen-bond donors (Lipinski definition) is 0. The van der Waals surface area contributed by atoms with Crippen LogP contribution in [-0.4, -0.2) is 7.11 Å². The molecule has 0 amide bonds. The molecule has 0 aliphatic heterocycles. The molecular formula is C17H18Br2O. The van der Waals surface area contributed by atoms with Crippen molar-refractivity contribution in [2.75, 3.05) is 7.11 Å². The lowest BCUT2D eigenvalue weighted by Crippen LogP contribution is -1.93. The zero-order valence-corrected chi connectivity index (χ0v) is 14.7. The van der Waals surface area contributed by atoms with E-state index in [2.05, 4.69) is 74.3 Å². The van der Waals surface area contributed by atoms with E-state index in [0.717, 1.165) is 29.5 Å². The molecule has 0 N–H and O–H groups in total. The maximum absolute atomic E-state index is 5.25. The molecule has 0 fully saturated rings. The highest BCUT2D eigenvalue weighted by atomic mass is 79.9. The van der Waals surface area contributed by atoms with E-state index in [-0.39, 0.29) is 0 Å². The summed E-state index contributed by atoms with van der Waals surface area (Å²) in [4.78, 5) is 0.436. The molecule has 0 aliphatic carbocycles. The van der Waals surface area contributed by atoms with Crippen LogP contribution in [0.25, 0.3) is 0 Å². The third-order valence-electron chi connectivity index (χ3n) is 3.30. The lowest BCUT2D eigenvalue weighted by molar-refractivity contribution is 0.412. The van der Waals surface area contributed by atoms with Crippen molar-refractivity contribution in [1.29, 1.82) is 0 Å². The van der Waals surface area contributed by atoms with E-state index in [1.807, 2.05) is 6.07 Å². The molecule has 0 radical (unpaired) electrons. The maximum Gasteiger partial charge on any atom is 0.133 e. The molecular weight excluding hydrogens is 380 g/mol. The fourth-order valence-corrected chi connectivity index (χ4v) is 3.40. The fraction of sp³-hybridized carbons (Fsp3) is 0.294. The van der Waals surface area contributed by atoms with Crippen molar-refractivity contribution in [1.82, 2.24) is 0 Å². The summed E-state index contributed by atoms with van der Waals surface area (Å²) >= 11 is 7.30. The number of benzene rings is 2. The largest absolute Gasteiger partial charge is 0.496 e. The minimum Gasteiger partial charge on any atom is -0.496 e. The van der Waals surface area contributed by atoms with E-state index in [0.29, 0.717) is 4.83 Å². The topological polar surface area (TPSA) is 9.23 Å². The Bertz CT molecular complexity index is 540. The molecule has 1 nitrogen and oxygen atoms in total. The van der Waals surface area contributed by atoms with Gasteiger partial charge >= 0.3 is 0 Å². The molecule has 0 spiro atoms. The number of aryl methyl sites for hydroxylation is 1. The molecule has 0 heterocycles. The first-order valence-corrected chi connectivity index (χ1v) is 8.43. The summed E-state index contributed by atoms with van der Waals surface area (Å²) in [6, 6.07) is 16.9. The molecule has 3 heteroatoms. The van der Waals surface area contributed by atoms with Gasteiger partial charge in [0, 0.05) is 4.83 Å². The van der Waals surface area contributed by atoms with Crippen LogP contribution in [0.2, 0.25) is 0 Å². The van der Waals surface area contributed by atoms with Gasteiger partial charge in [0.1, 0.15) is 5.75 Å². The number of alkyl halides is 1. The highest BCUT2D eigenvalue weighted by Crippen LogP contribution is 2.29. The van der Waals surface area contributed by atoms with Gasteiger partial charge in [0.2, 0.25) is 0 Å². The SMILES string of the molecule is COc1ccc(CCCC(Br)c2ccccc2)cc1Br. The summed E-state index contributed by atoms with van der Waals surface area (Å²) < 4.78 is 6.27. The Morgan fingerprint density at radius 1 is 1.10 bits per heavy atom. The van der Waals surface area contributed by atoms with E-state index in [1.54, 1.807) is 7.11 Å². The lowest BCUT2D eigenvalue weighted by atomic mass is 10.0. The number of hydrogen-bond acceptors (Lipinski definition) is 1. The summed E-state index contributed by atoms with van der Waals surface area (Å²) in [7, 11) is 1.69. The first kappa shape index (κ1) is 15.6. The molecule has 20 heavy (non-hydrogen) atoms. The molecule has 0 aromatic heterocycles. The second kappa shape index (κ2) is 7.84. The standard InChI is InChI=1S/C17H18Br2O/c1-20-17-11-10-13(12-16(17)19)6-5-9-15(18)14-7-3-2-4-8-14/h2-4,7-8,10-12,15H,5-6,9H2,1H3. The molecule has 1 atom stereocenters. The van der Waals surface area contributed by atoms with Crippen LogP contribution in [0.15, 0.2) is 53.0 Å². The van der Waals surface area contributed by atoms with Gasteiger partial charge in [0.05, 0.1) is 11.6 Å². The predicted octanol–water partition coefficient (Wildman–Crippen LogP) is 5.92. The molecule has 0 saturated carbocycles. The summed E-state index contributed by atoms with van der Waals surface area (Å²) in [5.74, 6) is 0.886. The molecule has 2 rings (SSSR count). The fourth-order valence-electron chi connectivity index (χ4n) is 2.18. The van der Waals surface area contributed by atoms with Gasteiger partial charge in [-0.1, -0.05) is 52.3 Å². The van der Waals surface area contributed by atoms with Crippen LogP contribution in [0.4, 0.5) is 0 Å². The highest BCUT2D eigenvalue weighted by molar-refractivity contribution is 9.10. The van der Waals surface area contributed by atoms with Crippen LogP contribution in [0.1, 0.15) is 28.8 Å². The van der Waals surface area contributed by atoms with E-state index < -0.39 is 0 Å². The smallest absolute Gasteiger partial charge is 0.133 e. The second-order valence-corrected chi connectivity index (χ2v) is 6.70. The second-order valence-electron chi connectivity index (χ2n) is 4.74. The predicted molar refractivity (Wildman–Crippen MR) is 91.7 cm³/mol. The van der Waals surface area contributed by atoms with Crippen LogP contribution >= 0.6 is 31.9 Å². The van der Waals surface area contributed by atoms with E-state index in [4.69, 9.17) is 4.74 Å². The Morgan fingerprint density at radius 2 is 1.85 bits per heavy atom. The molecule has 2 aromatic carbocycles. The lowest BCUT2D eigenvalue weighted by Gasteiger charge is -2.10. The molecule has 0 bridgehead atoms. The Kier molecular flexibility index (Phi) is 6.11. The highest BCUT2D eigenvalue weighted by Gasteiger charge is 2.07. The maximum atomic E-state index is 5.25. The monoisotopic (exact) mass is 396 g/mol. The van der Waals surface area contributed by atoms with Crippen LogP contribution in [0.5, 0.6) is 5.75 Å². The first-order valence-electron chi connectivity index (χ1n) is 6.72. The molecule has 0 aliphatic rings. The third-order valence-corrected chi connectivity index (χ3v) is 4.91. The molecule has 0 saturated heterocycles. The summed E-state index contributed by atoms with van der Waals surface area (Å²) in [6.07, 6.45) is 3.37. The van der Waals surface area contributed by atoms with Gasteiger partial charge in [-0.3, -0.25) is 0 Å². The zero-order valence-electron chi connectivity index (χ0n) is 11.5. The Balaban J connectivity index is 1.85. The average molecular weight is 398 g/mol. The Morgan fingerprint density at radius 3 is 2.50 bits per heavy atom. The van der Waals surface area contributed by atoms with Gasteiger partial charge in [-0.05, 0) is 58.5 Å². The van der Waals surface area contributed by atoms with Gasteiger partial charge in [-0.25, -0.2) is 0 Å². The summed E-state index contributed by atoms with van der Waals surface area (Å²) in [6.45, 7) is 0. The van der Waals surface area contributed by atoms with Crippen molar-refractivity contribution >= 4 is 31.9 Å². The quantitative estimate of drug-likeness (QED) is 0.550. The Labute approximate surface area is 137 Å². The van der Waals surface area contributed by atoms with Gasteiger partial charge in [-0.15, -0.1) is 0 Å². The summed E-state index contributed by atoms with van der Waals surface area (Å²) in [5, 5.41) is 0. The number of ether oxygens (including phenoxy) is 1. The minimum atomic E-state index is 0.436. The first-order chi connectivity index (χ1) is 9.70. The van der Waals surface area contributed by atoms with Crippen molar-refractivity contribution in [3.8, 4) is 5.75 Å². The van der Waals surface area contributed by atoms with Gasteiger partial charge in [-0.2, -0.15) is 0 Å². The van der Waals surface area contributed by atoms with Crippen molar-refractivity contribution in [3.05, 3.63) is 64.1 Å². The minimum absolute atomic E-state index is 0.436. The van der Waals surface area contributed by atoms with Gasteiger partial charge < -0.3 is 4.74 Å². The summed E-state index contributed by atoms with van der Waals surface area (Å²) in [5.41, 5.74) is 2.69. The van der Waals surface area contributed by atoms with Crippen molar-refractivity contribution < 1.29 is 4.74 Å². The van der Waals surface area contributed by atoms with Crippen molar-refractivity contribution in [2.24, 2.45) is 0 Å². The number of rotatable bonds is 6. The van der Waals surface area contributed by atoms with Crippen molar-refractivity contribution in [3.63, 3.8) is 0 Å². The number of halogens is 2. The van der Waals surface area contributed by atoms with Crippen LogP contribution in [0.3, 0.4) is 0 Å². The van der Waals surface area contributed by atoms with Crippen molar-refractivity contribution in [2.45, 2.75) is 24.1 Å². The van der Waals surface area contributed by atoms with Gasteiger partial charge in [0.25, 0.3) is 0 Å². The zero-order chi connectivity index (χ0) is 14.4. The molecule has 1 unspecified atom stereocenters. The van der Waals surface area contributed by atoms with Gasteiger partial charge in [0.15, 0.2) is 0 Å².